The molecule has 2 unspecified atom stereocenters. The van der Waals surface area contributed by atoms with Gasteiger partial charge in [0.1, 0.15) is 47.8 Å². The van der Waals surface area contributed by atoms with E-state index in [1.807, 2.05) is 67.3 Å². The molecular formula is C42H48ClN5O8. The standard InChI is InChI=1S/C42H48ClN5O8/c1-40(2,3)56-39(52)47-25-34(37(49)50)46-24-31-19-33(43)36(20-35(31)54-26-29-18-28(21-44)22-45-23-29)55-27-42(38(51)48-14-16-53-17-15-48)13-9-12-32(41(42,4)5)30-10-7-6-8-11-30/h6-13,18-20,22-23,34,46H,14-17,24-27H2,1-5H3,(H,47,52)(H,49,50). The van der Waals surface area contributed by atoms with Gasteiger partial charge in [0.25, 0.3) is 0 Å². The summed E-state index contributed by atoms with van der Waals surface area (Å²) >= 11 is 6.90. The van der Waals surface area contributed by atoms with E-state index in [0.717, 1.165) is 11.1 Å². The van der Waals surface area contributed by atoms with Crippen LogP contribution in [0.15, 0.2) is 79.2 Å². The number of allylic oxidation sites excluding steroid dienone is 3. The summed E-state index contributed by atoms with van der Waals surface area (Å²) in [7, 11) is 0. The number of nitriles is 1. The second-order valence-electron chi connectivity index (χ2n) is 15.1. The SMILES string of the molecule is CC(C)(C)OC(=O)NCC(NCc1cc(Cl)c(OCC2(C(=O)N3CCOCC3)C=CC=C(c3ccccc3)C2(C)C)cc1OCc1cncc(C#N)c1)C(=O)O. The van der Waals surface area contributed by atoms with Crippen molar-refractivity contribution in [3.63, 3.8) is 0 Å². The Labute approximate surface area is 332 Å². The first-order chi connectivity index (χ1) is 26.6. The smallest absolute Gasteiger partial charge is 0.407 e. The third kappa shape index (κ3) is 10.1. The van der Waals surface area contributed by atoms with E-state index in [1.165, 1.54) is 6.20 Å². The second kappa shape index (κ2) is 18.0. The fourth-order valence-electron chi connectivity index (χ4n) is 6.64. The van der Waals surface area contributed by atoms with Gasteiger partial charge in [-0.3, -0.25) is 19.9 Å². The highest BCUT2D eigenvalue weighted by Crippen LogP contribution is 2.53. The number of aromatic nitrogens is 1. The summed E-state index contributed by atoms with van der Waals surface area (Å²) in [5, 5.41) is 25.0. The van der Waals surface area contributed by atoms with E-state index in [-0.39, 0.29) is 43.0 Å². The minimum absolute atomic E-state index is 0.0135. The van der Waals surface area contributed by atoms with Gasteiger partial charge in [-0.2, -0.15) is 5.26 Å². The zero-order valence-electron chi connectivity index (χ0n) is 32.3. The number of nitrogens with zero attached hydrogens (tertiary/aromatic N) is 3. The lowest BCUT2D eigenvalue weighted by atomic mass is 9.58. The summed E-state index contributed by atoms with van der Waals surface area (Å²) in [5.41, 5.74) is 0.769. The van der Waals surface area contributed by atoms with E-state index in [4.69, 9.17) is 30.5 Å². The molecule has 1 aliphatic carbocycles. The molecule has 2 heterocycles. The second-order valence-corrected chi connectivity index (χ2v) is 15.5. The van der Waals surface area contributed by atoms with Crippen LogP contribution in [0, 0.1) is 22.2 Å². The van der Waals surface area contributed by atoms with Gasteiger partial charge in [0, 0.05) is 61.2 Å². The summed E-state index contributed by atoms with van der Waals surface area (Å²) in [5.74, 6) is -0.747. The number of rotatable bonds is 14. The molecule has 1 fully saturated rings. The molecule has 3 aromatic rings. The zero-order valence-corrected chi connectivity index (χ0v) is 33.0. The molecule has 1 aliphatic heterocycles. The predicted octanol–water partition coefficient (Wildman–Crippen LogP) is 6.16. The largest absolute Gasteiger partial charge is 0.490 e. The number of nitrogens with one attached hydrogen (secondary N) is 2. The topological polar surface area (TPSA) is 172 Å². The number of hydrogen-bond donors (Lipinski definition) is 3. The predicted molar refractivity (Wildman–Crippen MR) is 210 cm³/mol. The van der Waals surface area contributed by atoms with E-state index in [9.17, 15) is 24.8 Å². The monoisotopic (exact) mass is 785 g/mol. The molecule has 0 spiro atoms. The molecule has 2 aliphatic rings. The van der Waals surface area contributed by atoms with Crippen molar-refractivity contribution in [2.45, 2.75) is 59.4 Å². The van der Waals surface area contributed by atoms with Crippen molar-refractivity contribution >= 4 is 35.1 Å². The summed E-state index contributed by atoms with van der Waals surface area (Å²) < 4.78 is 23.6. The van der Waals surface area contributed by atoms with Crippen LogP contribution in [-0.2, 0) is 32.2 Å². The summed E-state index contributed by atoms with van der Waals surface area (Å²) in [4.78, 5) is 45.1. The van der Waals surface area contributed by atoms with E-state index in [0.29, 0.717) is 48.7 Å². The van der Waals surface area contributed by atoms with Crippen molar-refractivity contribution in [2.24, 2.45) is 10.8 Å². The van der Waals surface area contributed by atoms with Crippen molar-refractivity contribution in [3.05, 3.63) is 106 Å². The fourth-order valence-corrected chi connectivity index (χ4v) is 6.88. The van der Waals surface area contributed by atoms with Gasteiger partial charge < -0.3 is 34.3 Å². The van der Waals surface area contributed by atoms with Crippen LogP contribution < -0.4 is 20.1 Å². The Morgan fingerprint density at radius 1 is 1.07 bits per heavy atom. The Morgan fingerprint density at radius 2 is 1.80 bits per heavy atom. The number of aliphatic carboxylic acids is 1. The van der Waals surface area contributed by atoms with Crippen LogP contribution >= 0.6 is 11.6 Å². The van der Waals surface area contributed by atoms with Gasteiger partial charge >= 0.3 is 12.1 Å². The first-order valence-electron chi connectivity index (χ1n) is 18.3. The van der Waals surface area contributed by atoms with Gasteiger partial charge in [0.2, 0.25) is 5.91 Å². The molecule has 2 atom stereocenters. The maximum absolute atomic E-state index is 14.7. The van der Waals surface area contributed by atoms with Gasteiger partial charge in [-0.25, -0.2) is 4.79 Å². The van der Waals surface area contributed by atoms with Crippen molar-refractivity contribution in [1.29, 1.82) is 5.26 Å². The molecule has 2 aromatic carbocycles. The normalized spacial score (nSPS) is 18.2. The quantitative estimate of drug-likeness (QED) is 0.171. The number of carbonyl (C=O) groups excluding carboxylic acids is 2. The minimum Gasteiger partial charge on any atom is -0.490 e. The number of carboxylic acids is 1. The average molecular weight is 786 g/mol. The van der Waals surface area contributed by atoms with Crippen LogP contribution in [0.4, 0.5) is 4.79 Å². The third-order valence-corrected chi connectivity index (χ3v) is 10.1. The Kier molecular flexibility index (Phi) is 13.4. The highest BCUT2D eigenvalue weighted by Gasteiger charge is 2.55. The average Bonchev–Trinajstić information content (AvgIpc) is 3.17. The number of halogens is 1. The van der Waals surface area contributed by atoms with Crippen LogP contribution in [0.1, 0.15) is 56.9 Å². The van der Waals surface area contributed by atoms with E-state index < -0.39 is 34.5 Å². The van der Waals surface area contributed by atoms with Crippen molar-refractivity contribution in [2.75, 3.05) is 39.5 Å². The first kappa shape index (κ1) is 41.7. The molecular weight excluding hydrogens is 738 g/mol. The Bertz CT molecular complexity index is 2000. The van der Waals surface area contributed by atoms with Crippen LogP contribution in [0.3, 0.4) is 0 Å². The Balaban J connectivity index is 1.45. The molecule has 0 radical (unpaired) electrons. The van der Waals surface area contributed by atoms with Crippen molar-refractivity contribution in [1.82, 2.24) is 20.5 Å². The Hall–Kier alpha value is -5.42. The van der Waals surface area contributed by atoms with E-state index in [1.54, 1.807) is 45.2 Å². The number of benzene rings is 2. The lowest BCUT2D eigenvalue weighted by Crippen LogP contribution is -2.57. The van der Waals surface area contributed by atoms with Gasteiger partial charge in [-0.15, -0.1) is 0 Å². The Morgan fingerprint density at radius 3 is 2.48 bits per heavy atom. The van der Waals surface area contributed by atoms with E-state index >= 15 is 0 Å². The van der Waals surface area contributed by atoms with Gasteiger partial charge in [0.05, 0.1) is 23.8 Å². The zero-order chi connectivity index (χ0) is 40.5. The molecule has 3 N–H and O–H groups in total. The molecule has 296 valence electrons. The van der Waals surface area contributed by atoms with Gasteiger partial charge in [-0.05, 0) is 44.0 Å². The number of carbonyl (C=O) groups is 3. The molecule has 14 heteroatoms. The fraction of sp³-hybridized carbons (Fsp3) is 0.405. The molecule has 13 nitrogen and oxygen atoms in total. The lowest BCUT2D eigenvalue weighted by molar-refractivity contribution is -0.150. The molecule has 5 rings (SSSR count). The van der Waals surface area contributed by atoms with Crippen LogP contribution in [-0.4, -0.2) is 84.1 Å². The number of hydrogen-bond acceptors (Lipinski definition) is 10. The highest BCUT2D eigenvalue weighted by atomic mass is 35.5. The summed E-state index contributed by atoms with van der Waals surface area (Å²) in [6.45, 7) is 10.6. The van der Waals surface area contributed by atoms with Crippen molar-refractivity contribution < 1.29 is 38.4 Å². The number of morpholine rings is 1. The van der Waals surface area contributed by atoms with Crippen LogP contribution in [0.2, 0.25) is 5.02 Å². The molecule has 0 saturated carbocycles. The van der Waals surface area contributed by atoms with Crippen LogP contribution in [0.25, 0.3) is 5.57 Å². The van der Waals surface area contributed by atoms with Gasteiger partial charge in [-0.1, -0.05) is 74.0 Å². The molecule has 1 saturated heterocycles. The molecule has 2 amide bonds. The molecule has 0 bridgehead atoms. The summed E-state index contributed by atoms with van der Waals surface area (Å²) in [6.07, 6.45) is 8.11. The van der Waals surface area contributed by atoms with Gasteiger partial charge in [0.15, 0.2) is 0 Å². The number of alkyl carbamates (subject to hydrolysis) is 1. The van der Waals surface area contributed by atoms with E-state index in [2.05, 4.69) is 21.7 Å². The molecule has 56 heavy (non-hydrogen) atoms. The maximum Gasteiger partial charge on any atom is 0.407 e. The highest BCUT2D eigenvalue weighted by molar-refractivity contribution is 6.32. The minimum atomic E-state index is -1.20. The number of carboxylic acid groups (broad SMARTS) is 1. The molecule has 1 aromatic heterocycles. The van der Waals surface area contributed by atoms with Crippen molar-refractivity contribution in [3.8, 4) is 17.6 Å². The summed E-state index contributed by atoms with van der Waals surface area (Å²) in [6, 6.07) is 15.7. The third-order valence-electron chi connectivity index (χ3n) is 9.77. The first-order valence-corrected chi connectivity index (χ1v) is 18.7. The number of ether oxygens (including phenoxy) is 4. The number of pyridine rings is 1. The maximum atomic E-state index is 14.7. The van der Waals surface area contributed by atoms with Crippen LogP contribution in [0.5, 0.6) is 11.5 Å². The number of amides is 2. The lowest BCUT2D eigenvalue weighted by Gasteiger charge is -2.49.